The van der Waals surface area contributed by atoms with Crippen LogP contribution in [-0.4, -0.2) is 10.3 Å². The van der Waals surface area contributed by atoms with Crippen molar-refractivity contribution in [3.05, 3.63) is 54.4 Å². The molecule has 3 aromatic rings. The Morgan fingerprint density at radius 1 is 1.19 bits per heavy atom. The fourth-order valence-corrected chi connectivity index (χ4v) is 1.99. The van der Waals surface area contributed by atoms with Gasteiger partial charge in [0, 0.05) is 17.8 Å². The summed E-state index contributed by atoms with van der Waals surface area (Å²) in [5, 5.41) is 2.28. The van der Waals surface area contributed by atoms with Crippen LogP contribution in [0, 0.1) is 0 Å². The van der Waals surface area contributed by atoms with Gasteiger partial charge in [-0.2, -0.15) is 0 Å². The first-order chi connectivity index (χ1) is 7.75. The number of fused-ring (bicyclic) bond motifs is 3. The van der Waals surface area contributed by atoms with Crippen LogP contribution in [0.15, 0.2) is 48.8 Å². The molecule has 2 aromatic heterocycles. The minimum Gasteiger partial charge on any atom is -0.366 e. The molecular formula is C13H10N2O. The van der Waals surface area contributed by atoms with Crippen LogP contribution in [0.3, 0.4) is 0 Å². The highest BCUT2D eigenvalue weighted by molar-refractivity contribution is 6.01. The van der Waals surface area contributed by atoms with Gasteiger partial charge in [0.15, 0.2) is 0 Å². The molecule has 0 bridgehead atoms. The molecule has 1 amide bonds. The first-order valence-electron chi connectivity index (χ1n) is 5.05. The number of aromatic nitrogens is 1. The number of benzene rings is 1. The number of nitrogens with two attached hydrogens (primary N) is 1. The van der Waals surface area contributed by atoms with Crippen molar-refractivity contribution >= 4 is 22.2 Å². The van der Waals surface area contributed by atoms with Crippen molar-refractivity contribution < 1.29 is 4.79 Å². The maximum absolute atomic E-state index is 11.1. The summed E-state index contributed by atoms with van der Waals surface area (Å²) in [5.74, 6) is -0.396. The van der Waals surface area contributed by atoms with Crippen molar-refractivity contribution in [1.29, 1.82) is 0 Å². The molecule has 2 N–H and O–H groups in total. The first-order valence-corrected chi connectivity index (χ1v) is 5.05. The molecule has 0 aliphatic rings. The highest BCUT2D eigenvalue weighted by atomic mass is 16.1. The van der Waals surface area contributed by atoms with Crippen LogP contribution < -0.4 is 5.73 Å². The number of carbonyl (C=O) groups excluding carboxylic acids is 1. The van der Waals surface area contributed by atoms with Gasteiger partial charge in [-0.3, -0.25) is 4.79 Å². The van der Waals surface area contributed by atoms with Gasteiger partial charge in [-0.05, 0) is 17.5 Å². The molecule has 3 rings (SSSR count). The Morgan fingerprint density at radius 3 is 2.81 bits per heavy atom. The van der Waals surface area contributed by atoms with E-state index in [9.17, 15) is 4.79 Å². The molecule has 16 heavy (non-hydrogen) atoms. The van der Waals surface area contributed by atoms with Gasteiger partial charge in [-0.25, -0.2) is 0 Å². The molecule has 0 unspecified atom stereocenters. The Morgan fingerprint density at radius 2 is 2.00 bits per heavy atom. The number of pyridine rings is 1. The predicted molar refractivity (Wildman–Crippen MR) is 63.4 cm³/mol. The highest BCUT2D eigenvalue weighted by Crippen LogP contribution is 2.21. The summed E-state index contributed by atoms with van der Waals surface area (Å²) >= 11 is 0. The third-order valence-electron chi connectivity index (χ3n) is 2.78. The number of rotatable bonds is 1. The average Bonchev–Trinajstić information content (AvgIpc) is 2.73. The normalized spacial score (nSPS) is 11.0. The molecule has 0 saturated carbocycles. The second-order valence-corrected chi connectivity index (χ2v) is 3.79. The lowest BCUT2D eigenvalue weighted by Crippen LogP contribution is -2.09. The van der Waals surface area contributed by atoms with Crippen LogP contribution in [-0.2, 0) is 0 Å². The Labute approximate surface area is 92.1 Å². The molecule has 0 spiro atoms. The van der Waals surface area contributed by atoms with Crippen LogP contribution in [0.4, 0.5) is 0 Å². The van der Waals surface area contributed by atoms with E-state index in [-0.39, 0.29) is 0 Å². The van der Waals surface area contributed by atoms with E-state index in [0.717, 1.165) is 16.3 Å². The largest absolute Gasteiger partial charge is 0.366 e. The fourth-order valence-electron chi connectivity index (χ4n) is 1.99. The summed E-state index contributed by atoms with van der Waals surface area (Å²) in [6.45, 7) is 0. The van der Waals surface area contributed by atoms with Crippen LogP contribution in [0.2, 0.25) is 0 Å². The monoisotopic (exact) mass is 210 g/mol. The van der Waals surface area contributed by atoms with E-state index >= 15 is 0 Å². The third-order valence-corrected chi connectivity index (χ3v) is 2.78. The Hall–Kier alpha value is -2.29. The van der Waals surface area contributed by atoms with Crippen LogP contribution in [0.1, 0.15) is 10.4 Å². The van der Waals surface area contributed by atoms with E-state index in [1.807, 2.05) is 47.0 Å². The van der Waals surface area contributed by atoms with Crippen molar-refractivity contribution in [1.82, 2.24) is 4.40 Å². The summed E-state index contributed by atoms with van der Waals surface area (Å²) in [5.41, 5.74) is 6.81. The molecular weight excluding hydrogens is 200 g/mol. The predicted octanol–water partition coefficient (Wildman–Crippen LogP) is 2.19. The Bertz CT molecular complexity index is 697. The second kappa shape index (κ2) is 3.10. The SMILES string of the molecule is NC(=O)c1cc2c3ccccc3ccn2c1. The van der Waals surface area contributed by atoms with E-state index in [2.05, 4.69) is 0 Å². The summed E-state index contributed by atoms with van der Waals surface area (Å²) in [6, 6.07) is 11.9. The number of carbonyl (C=O) groups is 1. The molecule has 0 aliphatic carbocycles. The van der Waals surface area contributed by atoms with Gasteiger partial charge < -0.3 is 10.1 Å². The minimum atomic E-state index is -0.396. The summed E-state index contributed by atoms with van der Waals surface area (Å²) in [6.07, 6.45) is 3.69. The topological polar surface area (TPSA) is 47.5 Å². The van der Waals surface area contributed by atoms with Gasteiger partial charge in [0.1, 0.15) is 0 Å². The zero-order valence-electron chi connectivity index (χ0n) is 8.55. The number of nitrogens with zero attached hydrogens (tertiary/aromatic N) is 1. The summed E-state index contributed by atoms with van der Waals surface area (Å²) < 4.78 is 1.92. The van der Waals surface area contributed by atoms with Crippen LogP contribution >= 0.6 is 0 Å². The molecule has 0 saturated heterocycles. The number of amides is 1. The zero-order chi connectivity index (χ0) is 11.1. The number of hydrogen-bond acceptors (Lipinski definition) is 1. The molecule has 0 aliphatic heterocycles. The van der Waals surface area contributed by atoms with Gasteiger partial charge in [0.2, 0.25) is 5.91 Å². The van der Waals surface area contributed by atoms with Crippen molar-refractivity contribution in [3.63, 3.8) is 0 Å². The number of primary amides is 1. The Kier molecular flexibility index (Phi) is 1.74. The van der Waals surface area contributed by atoms with E-state index in [0.29, 0.717) is 5.56 Å². The minimum absolute atomic E-state index is 0.396. The Balaban J connectivity index is 2.46. The zero-order valence-corrected chi connectivity index (χ0v) is 8.55. The summed E-state index contributed by atoms with van der Waals surface area (Å²) in [7, 11) is 0. The molecule has 0 atom stereocenters. The van der Waals surface area contributed by atoms with Crippen molar-refractivity contribution in [2.45, 2.75) is 0 Å². The number of hydrogen-bond donors (Lipinski definition) is 1. The van der Waals surface area contributed by atoms with Gasteiger partial charge in [0.05, 0.1) is 11.1 Å². The van der Waals surface area contributed by atoms with Gasteiger partial charge >= 0.3 is 0 Å². The van der Waals surface area contributed by atoms with E-state index in [1.54, 1.807) is 6.20 Å². The smallest absolute Gasteiger partial charge is 0.250 e. The second-order valence-electron chi connectivity index (χ2n) is 3.79. The van der Waals surface area contributed by atoms with E-state index in [4.69, 9.17) is 5.73 Å². The molecule has 1 aromatic carbocycles. The third kappa shape index (κ3) is 1.18. The van der Waals surface area contributed by atoms with Crippen molar-refractivity contribution in [3.8, 4) is 0 Å². The standard InChI is InChI=1S/C13H10N2O/c14-13(16)10-7-12-11-4-2-1-3-9(11)5-6-15(12)8-10/h1-8H,(H2,14,16). The quantitative estimate of drug-likeness (QED) is 0.657. The first kappa shape index (κ1) is 8.97. The lowest BCUT2D eigenvalue weighted by Gasteiger charge is -2.00. The maximum Gasteiger partial charge on any atom is 0.250 e. The van der Waals surface area contributed by atoms with Gasteiger partial charge in [0.25, 0.3) is 0 Å². The lowest BCUT2D eigenvalue weighted by atomic mass is 10.1. The van der Waals surface area contributed by atoms with Crippen molar-refractivity contribution in [2.75, 3.05) is 0 Å². The van der Waals surface area contributed by atoms with Crippen LogP contribution in [0.5, 0.6) is 0 Å². The van der Waals surface area contributed by atoms with Crippen LogP contribution in [0.25, 0.3) is 16.3 Å². The molecule has 0 fully saturated rings. The average molecular weight is 210 g/mol. The van der Waals surface area contributed by atoms with Gasteiger partial charge in [-0.15, -0.1) is 0 Å². The van der Waals surface area contributed by atoms with Crippen molar-refractivity contribution in [2.24, 2.45) is 5.73 Å². The van der Waals surface area contributed by atoms with E-state index in [1.165, 1.54) is 0 Å². The molecule has 0 radical (unpaired) electrons. The molecule has 2 heterocycles. The van der Waals surface area contributed by atoms with Gasteiger partial charge in [-0.1, -0.05) is 24.3 Å². The molecule has 3 heteroatoms. The molecule has 78 valence electrons. The molecule has 3 nitrogen and oxygen atoms in total. The lowest BCUT2D eigenvalue weighted by molar-refractivity contribution is 0.100. The highest BCUT2D eigenvalue weighted by Gasteiger charge is 2.06. The summed E-state index contributed by atoms with van der Waals surface area (Å²) in [4.78, 5) is 11.1. The maximum atomic E-state index is 11.1. The fraction of sp³-hybridized carbons (Fsp3) is 0. The van der Waals surface area contributed by atoms with E-state index < -0.39 is 5.91 Å².